The topological polar surface area (TPSA) is 71.5 Å². The standard InChI is InChI=1S/C18H23N3O3S/c1-24-15-10-13-4-7-19-12-17(13)18(11-15)20-14-5-8-21(9-6-14)25(22,23)16-2-3-16/h4,7,10-12,14,16,20H,2-3,5-6,8-9H2,1H3. The molecule has 0 radical (unpaired) electrons. The van der Waals surface area contributed by atoms with Gasteiger partial charge in [0.05, 0.1) is 12.4 Å². The number of hydrogen-bond acceptors (Lipinski definition) is 5. The van der Waals surface area contributed by atoms with Gasteiger partial charge in [-0.3, -0.25) is 4.98 Å². The van der Waals surface area contributed by atoms with Crippen LogP contribution in [-0.4, -0.2) is 49.2 Å². The van der Waals surface area contributed by atoms with Crippen LogP contribution in [0.25, 0.3) is 10.8 Å². The SMILES string of the molecule is COc1cc(NC2CCN(S(=O)(=O)C3CC3)CC2)c2cnccc2c1. The highest BCUT2D eigenvalue weighted by atomic mass is 32.2. The van der Waals surface area contributed by atoms with Gasteiger partial charge in [-0.25, -0.2) is 12.7 Å². The lowest BCUT2D eigenvalue weighted by Gasteiger charge is -2.32. The second-order valence-electron chi connectivity index (χ2n) is 6.83. The van der Waals surface area contributed by atoms with Crippen LogP contribution >= 0.6 is 0 Å². The number of nitrogens with one attached hydrogen (secondary N) is 1. The molecule has 7 heteroatoms. The normalized spacial score (nSPS) is 19.9. The number of pyridine rings is 1. The molecule has 0 unspecified atom stereocenters. The van der Waals surface area contributed by atoms with E-state index in [1.54, 1.807) is 17.6 Å². The summed E-state index contributed by atoms with van der Waals surface area (Å²) in [6.07, 6.45) is 6.89. The highest BCUT2D eigenvalue weighted by Gasteiger charge is 2.41. The van der Waals surface area contributed by atoms with Gasteiger partial charge in [0.1, 0.15) is 5.75 Å². The number of piperidine rings is 1. The van der Waals surface area contributed by atoms with Gasteiger partial charge in [-0.15, -0.1) is 0 Å². The molecule has 134 valence electrons. The minimum atomic E-state index is -3.05. The fourth-order valence-corrected chi connectivity index (χ4v) is 5.33. The highest BCUT2D eigenvalue weighted by Crippen LogP contribution is 2.34. The molecule has 1 aromatic carbocycles. The number of benzene rings is 1. The predicted octanol–water partition coefficient (Wildman–Crippen LogP) is 2.61. The average molecular weight is 361 g/mol. The Hall–Kier alpha value is -1.86. The molecular formula is C18H23N3O3S. The lowest BCUT2D eigenvalue weighted by molar-refractivity contribution is 0.329. The van der Waals surface area contributed by atoms with E-state index >= 15 is 0 Å². The number of sulfonamides is 1. The number of methoxy groups -OCH3 is 1. The second kappa shape index (κ2) is 6.46. The zero-order chi connectivity index (χ0) is 17.4. The van der Waals surface area contributed by atoms with Gasteiger partial charge < -0.3 is 10.1 Å². The minimum absolute atomic E-state index is 0.120. The zero-order valence-electron chi connectivity index (χ0n) is 14.3. The molecule has 2 aliphatic rings. The van der Waals surface area contributed by atoms with Gasteiger partial charge in [0.25, 0.3) is 0 Å². The van der Waals surface area contributed by atoms with E-state index in [0.29, 0.717) is 13.1 Å². The van der Waals surface area contributed by atoms with E-state index in [1.165, 1.54) is 0 Å². The molecule has 1 aromatic heterocycles. The van der Waals surface area contributed by atoms with Crippen LogP contribution in [0.5, 0.6) is 5.75 Å². The van der Waals surface area contributed by atoms with Gasteiger partial charge in [-0.05, 0) is 43.2 Å². The Morgan fingerprint density at radius 3 is 2.64 bits per heavy atom. The van der Waals surface area contributed by atoms with Crippen molar-refractivity contribution >= 4 is 26.5 Å². The second-order valence-corrected chi connectivity index (χ2v) is 9.05. The molecule has 2 heterocycles. The van der Waals surface area contributed by atoms with Crippen LogP contribution in [0.4, 0.5) is 5.69 Å². The number of ether oxygens (including phenoxy) is 1. The molecule has 0 spiro atoms. The van der Waals surface area contributed by atoms with Crippen molar-refractivity contribution in [3.05, 3.63) is 30.6 Å². The van der Waals surface area contributed by atoms with Gasteiger partial charge in [-0.2, -0.15) is 0 Å². The fraction of sp³-hybridized carbons (Fsp3) is 0.500. The van der Waals surface area contributed by atoms with Crippen molar-refractivity contribution in [2.24, 2.45) is 0 Å². The first kappa shape index (κ1) is 16.6. The first-order valence-electron chi connectivity index (χ1n) is 8.75. The first-order valence-corrected chi connectivity index (χ1v) is 10.3. The summed E-state index contributed by atoms with van der Waals surface area (Å²) < 4.78 is 31.8. The van der Waals surface area contributed by atoms with Crippen LogP contribution in [-0.2, 0) is 10.0 Å². The smallest absolute Gasteiger partial charge is 0.216 e. The molecule has 2 aromatic rings. The Morgan fingerprint density at radius 1 is 1.20 bits per heavy atom. The van der Waals surface area contributed by atoms with Crippen molar-refractivity contribution in [3.8, 4) is 5.75 Å². The summed E-state index contributed by atoms with van der Waals surface area (Å²) in [6.45, 7) is 1.19. The Kier molecular flexibility index (Phi) is 4.29. The van der Waals surface area contributed by atoms with Gasteiger partial charge in [0, 0.05) is 48.7 Å². The zero-order valence-corrected chi connectivity index (χ0v) is 15.1. The van der Waals surface area contributed by atoms with Crippen molar-refractivity contribution in [2.45, 2.75) is 37.0 Å². The lowest BCUT2D eigenvalue weighted by Crippen LogP contribution is -2.43. The summed E-state index contributed by atoms with van der Waals surface area (Å²) in [7, 11) is -1.39. The molecule has 0 amide bonds. The summed E-state index contributed by atoms with van der Waals surface area (Å²) in [5.74, 6) is 0.801. The van der Waals surface area contributed by atoms with Crippen LogP contribution in [0.3, 0.4) is 0 Å². The third-order valence-electron chi connectivity index (χ3n) is 5.08. The van der Waals surface area contributed by atoms with Crippen molar-refractivity contribution in [3.63, 3.8) is 0 Å². The van der Waals surface area contributed by atoms with Crippen molar-refractivity contribution in [1.82, 2.24) is 9.29 Å². The van der Waals surface area contributed by atoms with Gasteiger partial charge in [0.15, 0.2) is 0 Å². The quantitative estimate of drug-likeness (QED) is 0.886. The summed E-state index contributed by atoms with van der Waals surface area (Å²) in [4.78, 5) is 4.22. The summed E-state index contributed by atoms with van der Waals surface area (Å²) in [6, 6.07) is 6.19. The van der Waals surface area contributed by atoms with E-state index in [0.717, 1.165) is 47.9 Å². The van der Waals surface area contributed by atoms with Crippen LogP contribution in [0, 0.1) is 0 Å². The molecule has 1 saturated carbocycles. The Morgan fingerprint density at radius 2 is 1.96 bits per heavy atom. The molecular weight excluding hydrogens is 338 g/mol. The molecule has 0 atom stereocenters. The summed E-state index contributed by atoms with van der Waals surface area (Å²) >= 11 is 0. The molecule has 6 nitrogen and oxygen atoms in total. The van der Waals surface area contributed by atoms with E-state index in [2.05, 4.69) is 10.3 Å². The number of hydrogen-bond donors (Lipinski definition) is 1. The monoisotopic (exact) mass is 361 g/mol. The largest absolute Gasteiger partial charge is 0.497 e. The molecule has 1 aliphatic carbocycles. The number of aromatic nitrogens is 1. The van der Waals surface area contributed by atoms with E-state index in [9.17, 15) is 8.42 Å². The molecule has 25 heavy (non-hydrogen) atoms. The van der Waals surface area contributed by atoms with Crippen LogP contribution in [0.1, 0.15) is 25.7 Å². The van der Waals surface area contributed by atoms with E-state index in [1.807, 2.05) is 24.4 Å². The Balaban J connectivity index is 1.49. The highest BCUT2D eigenvalue weighted by molar-refractivity contribution is 7.90. The van der Waals surface area contributed by atoms with E-state index < -0.39 is 10.0 Å². The van der Waals surface area contributed by atoms with Crippen LogP contribution in [0.15, 0.2) is 30.6 Å². The number of rotatable bonds is 5. The van der Waals surface area contributed by atoms with Gasteiger partial charge in [0.2, 0.25) is 10.0 Å². The third-order valence-corrected chi connectivity index (χ3v) is 7.48. The predicted molar refractivity (Wildman–Crippen MR) is 98.5 cm³/mol. The molecule has 2 fully saturated rings. The van der Waals surface area contributed by atoms with Gasteiger partial charge >= 0.3 is 0 Å². The fourth-order valence-electron chi connectivity index (χ4n) is 3.46. The van der Waals surface area contributed by atoms with E-state index in [-0.39, 0.29) is 11.3 Å². The number of nitrogens with zero attached hydrogens (tertiary/aromatic N) is 2. The van der Waals surface area contributed by atoms with E-state index in [4.69, 9.17) is 4.74 Å². The maximum Gasteiger partial charge on any atom is 0.216 e. The molecule has 1 aliphatic heterocycles. The minimum Gasteiger partial charge on any atom is -0.497 e. The van der Waals surface area contributed by atoms with Crippen molar-refractivity contribution in [2.75, 3.05) is 25.5 Å². The van der Waals surface area contributed by atoms with Crippen molar-refractivity contribution < 1.29 is 13.2 Å². The summed E-state index contributed by atoms with van der Waals surface area (Å²) in [5.41, 5.74) is 0.992. The third kappa shape index (κ3) is 3.30. The van der Waals surface area contributed by atoms with Crippen LogP contribution < -0.4 is 10.1 Å². The first-order chi connectivity index (χ1) is 12.1. The molecule has 1 N–H and O–H groups in total. The maximum absolute atomic E-state index is 12.4. The Labute approximate surface area is 148 Å². The van der Waals surface area contributed by atoms with Crippen LogP contribution in [0.2, 0.25) is 0 Å². The summed E-state index contributed by atoms with van der Waals surface area (Å²) in [5, 5.41) is 5.58. The molecule has 0 bridgehead atoms. The molecule has 1 saturated heterocycles. The number of anilines is 1. The van der Waals surface area contributed by atoms with Crippen molar-refractivity contribution in [1.29, 1.82) is 0 Å². The average Bonchev–Trinajstić information content (AvgIpc) is 3.48. The maximum atomic E-state index is 12.4. The molecule has 4 rings (SSSR count). The van der Waals surface area contributed by atoms with Gasteiger partial charge in [-0.1, -0.05) is 0 Å². The lowest BCUT2D eigenvalue weighted by atomic mass is 10.0. The Bertz CT molecular complexity index is 872. The number of fused-ring (bicyclic) bond motifs is 1.